The van der Waals surface area contributed by atoms with E-state index in [2.05, 4.69) is 68.2 Å². The molecule has 21 heavy (non-hydrogen) atoms. The highest BCUT2D eigenvalue weighted by atomic mass is 15.1. The zero-order valence-electron chi connectivity index (χ0n) is 13.9. The molecule has 3 heteroatoms. The Morgan fingerprint density at radius 2 is 1.90 bits per heavy atom. The van der Waals surface area contributed by atoms with Crippen LogP contribution in [0.2, 0.25) is 0 Å². The fourth-order valence-electron chi connectivity index (χ4n) is 2.75. The van der Waals surface area contributed by atoms with Gasteiger partial charge in [0, 0.05) is 24.8 Å². The third kappa shape index (κ3) is 5.40. The SMILES string of the molecule is CCN(CCCC(C#N)(CC)NC(C)C)c1ccccc1. The number of rotatable bonds is 9. The molecule has 0 spiro atoms. The molecular weight excluding hydrogens is 258 g/mol. The minimum absolute atomic E-state index is 0.334. The molecule has 1 atom stereocenters. The van der Waals surface area contributed by atoms with Crippen LogP contribution >= 0.6 is 0 Å². The molecule has 0 amide bonds. The third-order valence-corrected chi connectivity index (χ3v) is 3.92. The Kier molecular flexibility index (Phi) is 7.25. The first-order valence-corrected chi connectivity index (χ1v) is 8.06. The van der Waals surface area contributed by atoms with Crippen LogP contribution in [0.5, 0.6) is 0 Å². The maximum Gasteiger partial charge on any atom is 0.106 e. The lowest BCUT2D eigenvalue weighted by Crippen LogP contribution is -2.47. The van der Waals surface area contributed by atoms with Crippen molar-refractivity contribution < 1.29 is 0 Å². The number of nitrogens with one attached hydrogen (secondary N) is 1. The Morgan fingerprint density at radius 1 is 1.24 bits per heavy atom. The highest BCUT2D eigenvalue weighted by Crippen LogP contribution is 2.20. The second-order valence-electron chi connectivity index (χ2n) is 5.87. The Bertz CT molecular complexity index is 436. The van der Waals surface area contributed by atoms with E-state index in [4.69, 9.17) is 0 Å². The summed E-state index contributed by atoms with van der Waals surface area (Å²) in [5.74, 6) is 0. The zero-order valence-corrected chi connectivity index (χ0v) is 13.9. The van der Waals surface area contributed by atoms with Crippen molar-refractivity contribution in [3.63, 3.8) is 0 Å². The van der Waals surface area contributed by atoms with Gasteiger partial charge in [-0.1, -0.05) is 25.1 Å². The molecule has 0 bridgehead atoms. The maximum atomic E-state index is 9.54. The maximum absolute atomic E-state index is 9.54. The van der Waals surface area contributed by atoms with Crippen LogP contribution in [0.4, 0.5) is 5.69 Å². The molecule has 0 heterocycles. The van der Waals surface area contributed by atoms with Crippen LogP contribution < -0.4 is 10.2 Å². The van der Waals surface area contributed by atoms with Crippen LogP contribution in [-0.4, -0.2) is 24.7 Å². The fraction of sp³-hybridized carbons (Fsp3) is 0.611. The second kappa shape index (κ2) is 8.69. The fourth-order valence-corrected chi connectivity index (χ4v) is 2.75. The van der Waals surface area contributed by atoms with Crippen molar-refractivity contribution in [1.29, 1.82) is 5.26 Å². The molecule has 1 unspecified atom stereocenters. The summed E-state index contributed by atoms with van der Waals surface area (Å²) in [6.07, 6.45) is 2.75. The van der Waals surface area contributed by atoms with Gasteiger partial charge >= 0.3 is 0 Å². The number of hydrogen-bond acceptors (Lipinski definition) is 3. The van der Waals surface area contributed by atoms with Crippen molar-refractivity contribution >= 4 is 5.69 Å². The third-order valence-electron chi connectivity index (χ3n) is 3.92. The normalized spacial score (nSPS) is 13.7. The van der Waals surface area contributed by atoms with Crippen molar-refractivity contribution in [2.45, 2.75) is 58.5 Å². The van der Waals surface area contributed by atoms with Crippen molar-refractivity contribution in [1.82, 2.24) is 5.32 Å². The topological polar surface area (TPSA) is 39.1 Å². The lowest BCUT2D eigenvalue weighted by atomic mass is 9.91. The van der Waals surface area contributed by atoms with Crippen LogP contribution in [-0.2, 0) is 0 Å². The zero-order chi connectivity index (χ0) is 15.7. The predicted molar refractivity (Wildman–Crippen MR) is 90.5 cm³/mol. The molecule has 1 rings (SSSR count). The molecule has 116 valence electrons. The summed E-state index contributed by atoms with van der Waals surface area (Å²) in [5.41, 5.74) is 0.875. The van der Waals surface area contributed by atoms with Crippen molar-refractivity contribution in [3.05, 3.63) is 30.3 Å². The van der Waals surface area contributed by atoms with E-state index >= 15 is 0 Å². The van der Waals surface area contributed by atoms with Gasteiger partial charge in [-0.2, -0.15) is 5.26 Å². The Labute approximate surface area is 130 Å². The predicted octanol–water partition coefficient (Wildman–Crippen LogP) is 3.96. The van der Waals surface area contributed by atoms with Gasteiger partial charge in [-0.15, -0.1) is 0 Å². The van der Waals surface area contributed by atoms with E-state index < -0.39 is 0 Å². The highest BCUT2D eigenvalue weighted by Gasteiger charge is 2.27. The summed E-state index contributed by atoms with van der Waals surface area (Å²) in [4.78, 5) is 2.37. The summed E-state index contributed by atoms with van der Waals surface area (Å²) < 4.78 is 0. The van der Waals surface area contributed by atoms with E-state index in [1.165, 1.54) is 5.69 Å². The lowest BCUT2D eigenvalue weighted by Gasteiger charge is -2.30. The number of anilines is 1. The molecule has 0 fully saturated rings. The smallest absolute Gasteiger partial charge is 0.106 e. The number of nitrogens with zero attached hydrogens (tertiary/aromatic N) is 2. The van der Waals surface area contributed by atoms with Crippen LogP contribution in [0.15, 0.2) is 30.3 Å². The molecule has 3 nitrogen and oxygen atoms in total. The van der Waals surface area contributed by atoms with E-state index in [0.29, 0.717) is 6.04 Å². The van der Waals surface area contributed by atoms with Crippen LogP contribution in [0.25, 0.3) is 0 Å². The first-order chi connectivity index (χ1) is 10.1. The van der Waals surface area contributed by atoms with Crippen LogP contribution in [0.1, 0.15) is 47.0 Å². The van der Waals surface area contributed by atoms with Gasteiger partial charge in [0.1, 0.15) is 5.54 Å². The monoisotopic (exact) mass is 287 g/mol. The summed E-state index contributed by atoms with van der Waals surface area (Å²) in [6, 6.07) is 13.3. The molecule has 1 aromatic rings. The molecule has 0 saturated carbocycles. The number of benzene rings is 1. The quantitative estimate of drug-likeness (QED) is 0.747. The molecule has 0 aromatic heterocycles. The van der Waals surface area contributed by atoms with E-state index in [1.54, 1.807) is 0 Å². The van der Waals surface area contributed by atoms with Gasteiger partial charge in [0.15, 0.2) is 0 Å². The van der Waals surface area contributed by atoms with Gasteiger partial charge < -0.3 is 4.90 Å². The van der Waals surface area contributed by atoms with E-state index in [1.807, 2.05) is 6.07 Å². The largest absolute Gasteiger partial charge is 0.372 e. The summed E-state index contributed by atoms with van der Waals surface area (Å²) >= 11 is 0. The minimum atomic E-state index is -0.385. The van der Waals surface area contributed by atoms with Gasteiger partial charge in [0.05, 0.1) is 6.07 Å². The van der Waals surface area contributed by atoms with E-state index in [0.717, 1.165) is 32.4 Å². The Hall–Kier alpha value is -1.53. The van der Waals surface area contributed by atoms with Crippen molar-refractivity contribution in [2.24, 2.45) is 0 Å². The molecule has 0 aliphatic rings. The molecular formula is C18H29N3. The van der Waals surface area contributed by atoms with Gasteiger partial charge in [0.2, 0.25) is 0 Å². The summed E-state index contributed by atoms with van der Waals surface area (Å²) in [5, 5.41) is 13.0. The molecule has 1 aromatic carbocycles. The summed E-state index contributed by atoms with van der Waals surface area (Å²) in [7, 11) is 0. The van der Waals surface area contributed by atoms with Crippen LogP contribution in [0.3, 0.4) is 0 Å². The number of nitriles is 1. The highest BCUT2D eigenvalue weighted by molar-refractivity contribution is 5.45. The van der Waals surface area contributed by atoms with Crippen molar-refractivity contribution in [2.75, 3.05) is 18.0 Å². The molecule has 0 aliphatic heterocycles. The van der Waals surface area contributed by atoms with Gasteiger partial charge in [-0.25, -0.2) is 0 Å². The minimum Gasteiger partial charge on any atom is -0.372 e. The van der Waals surface area contributed by atoms with Gasteiger partial charge in [-0.3, -0.25) is 5.32 Å². The standard InChI is InChI=1S/C18H29N3/c1-5-18(15-19,20-16(3)4)13-10-14-21(6-2)17-11-8-7-9-12-17/h7-9,11-12,16,20H,5-6,10,13-14H2,1-4H3. The lowest BCUT2D eigenvalue weighted by molar-refractivity contribution is 0.337. The van der Waals surface area contributed by atoms with E-state index in [9.17, 15) is 5.26 Å². The average molecular weight is 287 g/mol. The summed E-state index contributed by atoms with van der Waals surface area (Å²) in [6.45, 7) is 10.5. The Morgan fingerprint density at radius 3 is 2.38 bits per heavy atom. The van der Waals surface area contributed by atoms with Crippen molar-refractivity contribution in [3.8, 4) is 6.07 Å². The van der Waals surface area contributed by atoms with Gasteiger partial charge in [-0.05, 0) is 52.2 Å². The molecule has 0 aliphatic carbocycles. The molecule has 0 radical (unpaired) electrons. The first kappa shape index (κ1) is 17.5. The Balaban J connectivity index is 2.59. The average Bonchev–Trinajstić information content (AvgIpc) is 2.51. The van der Waals surface area contributed by atoms with Crippen LogP contribution in [0, 0.1) is 11.3 Å². The second-order valence-corrected chi connectivity index (χ2v) is 5.87. The van der Waals surface area contributed by atoms with E-state index in [-0.39, 0.29) is 5.54 Å². The molecule has 1 N–H and O–H groups in total. The first-order valence-electron chi connectivity index (χ1n) is 8.06. The van der Waals surface area contributed by atoms with Gasteiger partial charge in [0.25, 0.3) is 0 Å². The number of hydrogen-bond donors (Lipinski definition) is 1. The molecule has 0 saturated heterocycles. The number of para-hydroxylation sites is 1.